The van der Waals surface area contributed by atoms with Crippen molar-refractivity contribution in [3.63, 3.8) is 0 Å². The van der Waals surface area contributed by atoms with Gasteiger partial charge >= 0.3 is 0 Å². The van der Waals surface area contributed by atoms with E-state index in [1.165, 1.54) is 0 Å². The number of rotatable bonds is 1. The van der Waals surface area contributed by atoms with E-state index >= 15 is 0 Å². The van der Waals surface area contributed by atoms with Crippen LogP contribution in [0.3, 0.4) is 0 Å². The molecule has 4 heteroatoms. The van der Waals surface area contributed by atoms with Crippen molar-refractivity contribution in [2.75, 3.05) is 0 Å². The zero-order chi connectivity index (χ0) is 13.2. The van der Waals surface area contributed by atoms with Crippen LogP contribution in [0.1, 0.15) is 11.1 Å². The lowest BCUT2D eigenvalue weighted by Crippen LogP contribution is -1.82. The third-order valence-corrected chi connectivity index (χ3v) is 2.90. The smallest absolute Gasteiger partial charge is 0.138 e. The van der Waals surface area contributed by atoms with Gasteiger partial charge < -0.3 is 4.98 Å². The van der Waals surface area contributed by atoms with Crippen LogP contribution in [0.25, 0.3) is 22.4 Å². The molecular weight excluding hydrogens is 236 g/mol. The van der Waals surface area contributed by atoms with Crippen LogP contribution in [-0.4, -0.2) is 9.97 Å². The molecular formula is C15H8N4. The number of hydrogen-bond donors (Lipinski definition) is 1. The van der Waals surface area contributed by atoms with Crippen molar-refractivity contribution in [2.45, 2.75) is 0 Å². The van der Waals surface area contributed by atoms with Gasteiger partial charge in [0.1, 0.15) is 17.4 Å². The van der Waals surface area contributed by atoms with E-state index < -0.39 is 0 Å². The van der Waals surface area contributed by atoms with Gasteiger partial charge in [-0.3, -0.25) is 0 Å². The number of nitrogens with one attached hydrogen (secondary N) is 1. The van der Waals surface area contributed by atoms with Crippen LogP contribution in [0.5, 0.6) is 0 Å². The fraction of sp³-hybridized carbons (Fsp3) is 0. The zero-order valence-electron chi connectivity index (χ0n) is 9.88. The van der Waals surface area contributed by atoms with Crippen LogP contribution < -0.4 is 0 Å². The van der Waals surface area contributed by atoms with E-state index in [0.717, 1.165) is 11.1 Å². The predicted molar refractivity (Wildman–Crippen MR) is 71.0 cm³/mol. The maximum absolute atomic E-state index is 9.05. The summed E-state index contributed by atoms with van der Waals surface area (Å²) >= 11 is 0. The minimum absolute atomic E-state index is 0.538. The van der Waals surface area contributed by atoms with E-state index in [0.29, 0.717) is 22.5 Å². The largest absolute Gasteiger partial charge is 0.338 e. The Morgan fingerprint density at radius 1 is 1.00 bits per heavy atom. The number of nitriles is 2. The van der Waals surface area contributed by atoms with Crippen LogP contribution >= 0.6 is 0 Å². The van der Waals surface area contributed by atoms with Gasteiger partial charge in [0.15, 0.2) is 0 Å². The molecule has 0 spiro atoms. The van der Waals surface area contributed by atoms with E-state index in [2.05, 4.69) is 22.1 Å². The second-order valence-electron chi connectivity index (χ2n) is 4.09. The molecule has 88 valence electrons. The van der Waals surface area contributed by atoms with E-state index in [-0.39, 0.29) is 0 Å². The van der Waals surface area contributed by atoms with Crippen molar-refractivity contribution in [1.29, 1.82) is 10.5 Å². The lowest BCUT2D eigenvalue weighted by Gasteiger charge is -1.96. The molecule has 1 N–H and O–H groups in total. The average Bonchev–Trinajstić information content (AvgIpc) is 2.91. The molecule has 1 heterocycles. The van der Waals surface area contributed by atoms with Crippen molar-refractivity contribution in [3.8, 4) is 23.5 Å². The number of benzene rings is 2. The van der Waals surface area contributed by atoms with Gasteiger partial charge in [0, 0.05) is 5.56 Å². The molecule has 4 nitrogen and oxygen atoms in total. The summed E-state index contributed by atoms with van der Waals surface area (Å²) < 4.78 is 0. The normalized spacial score (nSPS) is 10.0. The number of nitrogens with zero attached hydrogens (tertiary/aromatic N) is 3. The molecule has 0 saturated heterocycles. The Kier molecular flexibility index (Phi) is 2.48. The summed E-state index contributed by atoms with van der Waals surface area (Å²) in [7, 11) is 0. The second kappa shape index (κ2) is 4.29. The fourth-order valence-electron chi connectivity index (χ4n) is 2.00. The summed E-state index contributed by atoms with van der Waals surface area (Å²) in [5, 5.41) is 18.0. The Hall–Kier alpha value is -3.11. The zero-order valence-corrected chi connectivity index (χ0v) is 9.88. The van der Waals surface area contributed by atoms with E-state index in [4.69, 9.17) is 10.5 Å². The topological polar surface area (TPSA) is 76.3 Å². The summed E-state index contributed by atoms with van der Waals surface area (Å²) in [6, 6.07) is 16.8. The highest BCUT2D eigenvalue weighted by molar-refractivity contribution is 5.84. The first-order valence-corrected chi connectivity index (χ1v) is 5.71. The van der Waals surface area contributed by atoms with Crippen molar-refractivity contribution in [3.05, 3.63) is 53.6 Å². The van der Waals surface area contributed by atoms with Crippen molar-refractivity contribution >= 4 is 11.0 Å². The van der Waals surface area contributed by atoms with Crippen LogP contribution in [0, 0.1) is 22.7 Å². The van der Waals surface area contributed by atoms with E-state index in [9.17, 15) is 0 Å². The number of aromatic nitrogens is 2. The summed E-state index contributed by atoms with van der Waals surface area (Å²) in [5.41, 5.74) is 3.42. The molecule has 0 amide bonds. The molecule has 0 radical (unpaired) electrons. The molecule has 3 aromatic rings. The predicted octanol–water partition coefficient (Wildman–Crippen LogP) is 2.97. The number of aromatic amines is 1. The minimum atomic E-state index is 0.538. The molecule has 0 aliphatic rings. The molecule has 0 aliphatic carbocycles. The lowest BCUT2D eigenvalue weighted by atomic mass is 10.1. The van der Waals surface area contributed by atoms with Crippen molar-refractivity contribution in [2.24, 2.45) is 0 Å². The van der Waals surface area contributed by atoms with Crippen LogP contribution in [0.2, 0.25) is 0 Å². The van der Waals surface area contributed by atoms with Gasteiger partial charge in [0.2, 0.25) is 0 Å². The SMILES string of the molecule is N#Cc1cccc(-c2nc3c(C#N)cccc3[nH]2)c1. The molecule has 0 saturated carbocycles. The first-order chi connectivity index (χ1) is 9.31. The summed E-state index contributed by atoms with van der Waals surface area (Å²) in [4.78, 5) is 7.61. The van der Waals surface area contributed by atoms with Gasteiger partial charge in [0.25, 0.3) is 0 Å². The molecule has 19 heavy (non-hydrogen) atoms. The molecule has 0 unspecified atom stereocenters. The Morgan fingerprint density at radius 2 is 1.84 bits per heavy atom. The van der Waals surface area contributed by atoms with E-state index in [1.807, 2.05) is 24.3 Å². The molecule has 3 rings (SSSR count). The standard InChI is InChI=1S/C15H8N4/c16-8-10-3-1-4-11(7-10)15-18-13-6-2-5-12(9-17)14(13)19-15/h1-7H,(H,18,19). The Bertz CT molecular complexity index is 846. The summed E-state index contributed by atoms with van der Waals surface area (Å²) in [6.07, 6.45) is 0. The summed E-state index contributed by atoms with van der Waals surface area (Å²) in [6.45, 7) is 0. The maximum Gasteiger partial charge on any atom is 0.138 e. The maximum atomic E-state index is 9.05. The molecule has 0 aliphatic heterocycles. The monoisotopic (exact) mass is 244 g/mol. The number of fused-ring (bicyclic) bond motifs is 1. The van der Waals surface area contributed by atoms with Gasteiger partial charge in [0.05, 0.1) is 22.7 Å². The third-order valence-electron chi connectivity index (χ3n) is 2.90. The first kappa shape index (κ1) is 11.0. The third kappa shape index (κ3) is 1.82. The van der Waals surface area contributed by atoms with Gasteiger partial charge in [-0.05, 0) is 24.3 Å². The van der Waals surface area contributed by atoms with Gasteiger partial charge in [-0.2, -0.15) is 10.5 Å². The Morgan fingerprint density at radius 3 is 2.63 bits per heavy atom. The molecule has 0 bridgehead atoms. The first-order valence-electron chi connectivity index (χ1n) is 5.71. The van der Waals surface area contributed by atoms with Gasteiger partial charge in [-0.25, -0.2) is 4.98 Å². The molecule has 2 aromatic carbocycles. The van der Waals surface area contributed by atoms with Crippen molar-refractivity contribution in [1.82, 2.24) is 9.97 Å². The number of imidazole rings is 1. The lowest BCUT2D eigenvalue weighted by molar-refractivity contribution is 1.33. The number of para-hydroxylation sites is 1. The van der Waals surface area contributed by atoms with Crippen molar-refractivity contribution < 1.29 is 0 Å². The van der Waals surface area contributed by atoms with Gasteiger partial charge in [-0.15, -0.1) is 0 Å². The number of H-pyrrole nitrogens is 1. The highest BCUT2D eigenvalue weighted by Crippen LogP contribution is 2.23. The average molecular weight is 244 g/mol. The van der Waals surface area contributed by atoms with Crippen LogP contribution in [0.15, 0.2) is 42.5 Å². The molecule has 0 atom stereocenters. The molecule has 0 fully saturated rings. The highest BCUT2D eigenvalue weighted by atomic mass is 14.9. The Balaban J connectivity index is 2.21. The second-order valence-corrected chi connectivity index (χ2v) is 4.09. The highest BCUT2D eigenvalue weighted by Gasteiger charge is 2.08. The van der Waals surface area contributed by atoms with Crippen LogP contribution in [-0.2, 0) is 0 Å². The van der Waals surface area contributed by atoms with Crippen LogP contribution in [0.4, 0.5) is 0 Å². The Labute approximate surface area is 109 Å². The minimum Gasteiger partial charge on any atom is -0.338 e. The summed E-state index contributed by atoms with van der Waals surface area (Å²) in [5.74, 6) is 0.662. The van der Waals surface area contributed by atoms with E-state index in [1.54, 1.807) is 18.2 Å². The van der Waals surface area contributed by atoms with Gasteiger partial charge in [-0.1, -0.05) is 18.2 Å². The number of hydrogen-bond acceptors (Lipinski definition) is 3. The quantitative estimate of drug-likeness (QED) is 0.714. The molecule has 1 aromatic heterocycles. The fourth-order valence-corrected chi connectivity index (χ4v) is 2.00.